The molecule has 0 aliphatic carbocycles. The molecule has 0 spiro atoms. The highest BCUT2D eigenvalue weighted by Gasteiger charge is 2.42. The van der Waals surface area contributed by atoms with E-state index in [4.69, 9.17) is 11.6 Å². The predicted octanol–water partition coefficient (Wildman–Crippen LogP) is 2.98. The molecule has 1 heterocycles. The molecule has 1 aliphatic rings. The smallest absolute Gasteiger partial charge is 0.244 e. The number of carbonyl (C=O) groups is 1. The van der Waals surface area contributed by atoms with Gasteiger partial charge in [0.05, 0.1) is 4.90 Å². The summed E-state index contributed by atoms with van der Waals surface area (Å²) in [4.78, 5) is 14.3. The van der Waals surface area contributed by atoms with Gasteiger partial charge in [0.25, 0.3) is 0 Å². The fraction of sp³-hybridized carbons (Fsp3) is 0.389. The lowest BCUT2D eigenvalue weighted by molar-refractivity contribution is -0.138. The standard InChI is InChI=1S/C18H21ClN2O3S/c1-12(2)17-18(22)20(3)10-11-21(17)25(23,24)15-9-5-7-13-6-4-8-14(19)16(13)15/h4-9,12,17H,10-11H2,1-3H3. The minimum Gasteiger partial charge on any atom is -0.343 e. The lowest BCUT2D eigenvalue weighted by Crippen LogP contribution is -2.59. The second-order valence-electron chi connectivity index (χ2n) is 6.66. The van der Waals surface area contributed by atoms with E-state index in [0.717, 1.165) is 5.39 Å². The van der Waals surface area contributed by atoms with Crippen molar-refractivity contribution in [3.05, 3.63) is 41.4 Å². The first kappa shape index (κ1) is 18.2. The second kappa shape index (κ2) is 6.59. The number of carbonyl (C=O) groups excluding carboxylic acids is 1. The van der Waals surface area contributed by atoms with Crippen LogP contribution in [-0.4, -0.2) is 49.7 Å². The van der Waals surface area contributed by atoms with Crippen LogP contribution in [0, 0.1) is 5.92 Å². The molecule has 0 saturated carbocycles. The fourth-order valence-electron chi connectivity index (χ4n) is 3.34. The van der Waals surface area contributed by atoms with Crippen LogP contribution in [0.3, 0.4) is 0 Å². The van der Waals surface area contributed by atoms with Crippen molar-refractivity contribution in [3.63, 3.8) is 0 Å². The van der Waals surface area contributed by atoms with Gasteiger partial charge < -0.3 is 4.90 Å². The van der Waals surface area contributed by atoms with Crippen LogP contribution in [0.1, 0.15) is 13.8 Å². The van der Waals surface area contributed by atoms with Crippen molar-refractivity contribution in [3.8, 4) is 0 Å². The van der Waals surface area contributed by atoms with Gasteiger partial charge in [-0.2, -0.15) is 4.31 Å². The molecule has 0 bridgehead atoms. The number of nitrogens with zero attached hydrogens (tertiary/aromatic N) is 2. The zero-order chi connectivity index (χ0) is 18.4. The van der Waals surface area contributed by atoms with Crippen LogP contribution < -0.4 is 0 Å². The Hall–Kier alpha value is -1.63. The molecule has 134 valence electrons. The maximum atomic E-state index is 13.4. The summed E-state index contributed by atoms with van der Waals surface area (Å²) in [6.07, 6.45) is 0. The third-order valence-corrected chi connectivity index (χ3v) is 6.87. The number of hydrogen-bond acceptors (Lipinski definition) is 3. The third kappa shape index (κ3) is 3.03. The average Bonchev–Trinajstić information content (AvgIpc) is 2.56. The van der Waals surface area contributed by atoms with Crippen molar-refractivity contribution in [1.29, 1.82) is 0 Å². The number of hydrogen-bond donors (Lipinski definition) is 0. The first-order chi connectivity index (χ1) is 11.7. The second-order valence-corrected chi connectivity index (χ2v) is 8.92. The van der Waals surface area contributed by atoms with E-state index in [0.29, 0.717) is 17.0 Å². The van der Waals surface area contributed by atoms with E-state index in [1.54, 1.807) is 36.2 Å². The lowest BCUT2D eigenvalue weighted by atomic mass is 10.0. The van der Waals surface area contributed by atoms with Crippen LogP contribution in [0.2, 0.25) is 5.02 Å². The molecule has 25 heavy (non-hydrogen) atoms. The molecule has 3 rings (SSSR count). The van der Waals surface area contributed by atoms with Gasteiger partial charge in [-0.1, -0.05) is 49.7 Å². The van der Waals surface area contributed by atoms with Gasteiger partial charge in [0, 0.05) is 30.5 Å². The van der Waals surface area contributed by atoms with Crippen LogP contribution >= 0.6 is 11.6 Å². The largest absolute Gasteiger partial charge is 0.343 e. The van der Waals surface area contributed by atoms with Gasteiger partial charge in [-0.25, -0.2) is 8.42 Å². The molecule has 0 radical (unpaired) electrons. The molecule has 1 aliphatic heterocycles. The van der Waals surface area contributed by atoms with Gasteiger partial charge in [0.1, 0.15) is 6.04 Å². The maximum Gasteiger partial charge on any atom is 0.244 e. The Balaban J connectivity index is 2.18. The molecular formula is C18H21ClN2O3S. The van der Waals surface area contributed by atoms with Gasteiger partial charge in [0.2, 0.25) is 15.9 Å². The third-order valence-electron chi connectivity index (χ3n) is 4.63. The Morgan fingerprint density at radius 3 is 2.40 bits per heavy atom. The summed E-state index contributed by atoms with van der Waals surface area (Å²) in [6.45, 7) is 4.37. The molecule has 1 fully saturated rings. The van der Waals surface area contributed by atoms with Crippen molar-refractivity contribution in [2.75, 3.05) is 20.1 Å². The molecule has 7 heteroatoms. The maximum absolute atomic E-state index is 13.4. The number of halogens is 1. The first-order valence-electron chi connectivity index (χ1n) is 8.19. The molecule has 5 nitrogen and oxygen atoms in total. The average molecular weight is 381 g/mol. The molecule has 1 atom stereocenters. The summed E-state index contributed by atoms with van der Waals surface area (Å²) in [7, 11) is -2.16. The summed E-state index contributed by atoms with van der Waals surface area (Å²) in [5.74, 6) is -0.299. The van der Waals surface area contributed by atoms with E-state index in [2.05, 4.69) is 0 Å². The van der Waals surface area contributed by atoms with Crippen LogP contribution in [0.5, 0.6) is 0 Å². The number of benzene rings is 2. The number of rotatable bonds is 3. The predicted molar refractivity (Wildman–Crippen MR) is 99.1 cm³/mol. The van der Waals surface area contributed by atoms with E-state index in [-0.39, 0.29) is 23.3 Å². The van der Waals surface area contributed by atoms with Crippen molar-refractivity contribution in [2.24, 2.45) is 5.92 Å². The summed E-state index contributed by atoms with van der Waals surface area (Å²) in [6, 6.07) is 9.68. The summed E-state index contributed by atoms with van der Waals surface area (Å²) >= 11 is 6.30. The van der Waals surface area contributed by atoms with Crippen LogP contribution in [-0.2, 0) is 14.8 Å². The van der Waals surface area contributed by atoms with Crippen LogP contribution in [0.4, 0.5) is 0 Å². The summed E-state index contributed by atoms with van der Waals surface area (Å²) in [5, 5.41) is 1.65. The number of amides is 1. The number of fused-ring (bicyclic) bond motifs is 1. The highest BCUT2D eigenvalue weighted by molar-refractivity contribution is 7.89. The quantitative estimate of drug-likeness (QED) is 0.822. The van der Waals surface area contributed by atoms with E-state index >= 15 is 0 Å². The zero-order valence-corrected chi connectivity index (χ0v) is 16.0. The Kier molecular flexibility index (Phi) is 4.79. The minimum atomic E-state index is -3.86. The van der Waals surface area contributed by atoms with Crippen molar-refractivity contribution in [2.45, 2.75) is 24.8 Å². The van der Waals surface area contributed by atoms with E-state index in [1.807, 2.05) is 26.0 Å². The van der Waals surface area contributed by atoms with Crippen LogP contribution in [0.25, 0.3) is 10.8 Å². The molecule has 0 N–H and O–H groups in total. The lowest BCUT2D eigenvalue weighted by Gasteiger charge is -2.40. The Labute approximate surface area is 153 Å². The Bertz CT molecular complexity index is 922. The number of sulfonamides is 1. The Morgan fingerprint density at radius 1 is 1.12 bits per heavy atom. The SMILES string of the molecule is CC(C)C1C(=O)N(C)CCN1S(=O)(=O)c1cccc2cccc(Cl)c12. The van der Waals surface area contributed by atoms with Crippen molar-refractivity contribution < 1.29 is 13.2 Å². The molecule has 0 aromatic heterocycles. The number of piperazine rings is 1. The highest BCUT2D eigenvalue weighted by atomic mass is 35.5. The first-order valence-corrected chi connectivity index (χ1v) is 10.0. The van der Waals surface area contributed by atoms with Gasteiger partial charge >= 0.3 is 0 Å². The molecule has 1 saturated heterocycles. The summed E-state index contributed by atoms with van der Waals surface area (Å²) in [5.41, 5.74) is 0. The normalized spacial score (nSPS) is 19.8. The number of likely N-dealkylation sites (N-methyl/N-ethyl adjacent to an activating group) is 1. The van der Waals surface area contributed by atoms with Gasteiger partial charge in [-0.3, -0.25) is 4.79 Å². The van der Waals surface area contributed by atoms with E-state index < -0.39 is 16.1 Å². The van der Waals surface area contributed by atoms with E-state index in [1.165, 1.54) is 4.31 Å². The molecule has 2 aromatic carbocycles. The highest BCUT2D eigenvalue weighted by Crippen LogP contribution is 2.33. The fourth-order valence-corrected chi connectivity index (χ4v) is 5.62. The van der Waals surface area contributed by atoms with Gasteiger partial charge in [-0.05, 0) is 23.4 Å². The topological polar surface area (TPSA) is 57.7 Å². The van der Waals surface area contributed by atoms with Crippen molar-refractivity contribution in [1.82, 2.24) is 9.21 Å². The van der Waals surface area contributed by atoms with Crippen molar-refractivity contribution >= 4 is 38.3 Å². The van der Waals surface area contributed by atoms with Gasteiger partial charge in [-0.15, -0.1) is 0 Å². The molecule has 2 aromatic rings. The monoisotopic (exact) mass is 380 g/mol. The summed E-state index contributed by atoms with van der Waals surface area (Å²) < 4.78 is 28.2. The van der Waals surface area contributed by atoms with Crippen LogP contribution in [0.15, 0.2) is 41.3 Å². The molecule has 1 unspecified atom stereocenters. The zero-order valence-electron chi connectivity index (χ0n) is 14.4. The molecule has 1 amide bonds. The van der Waals surface area contributed by atoms with E-state index in [9.17, 15) is 13.2 Å². The van der Waals surface area contributed by atoms with Gasteiger partial charge in [0.15, 0.2) is 0 Å². The Morgan fingerprint density at radius 2 is 1.76 bits per heavy atom. The minimum absolute atomic E-state index is 0.129. The molecular weight excluding hydrogens is 360 g/mol.